The molecule has 3 rings (SSSR count). The molecule has 0 bridgehead atoms. The second-order valence-corrected chi connectivity index (χ2v) is 4.39. The molecule has 3 aromatic rings. The summed E-state index contributed by atoms with van der Waals surface area (Å²) in [6.07, 6.45) is 4.76. The molecule has 0 amide bonds. The maximum Gasteiger partial charge on any atom is 0.212 e. The minimum absolute atomic E-state index is 0.499. The zero-order valence-corrected chi connectivity index (χ0v) is 10.1. The van der Waals surface area contributed by atoms with Gasteiger partial charge in [0.2, 0.25) is 5.95 Å². The van der Waals surface area contributed by atoms with Crippen molar-refractivity contribution in [1.82, 2.24) is 19.6 Å². The summed E-state index contributed by atoms with van der Waals surface area (Å²) in [4.78, 5) is 7.81. The number of hydrogen-bond donors (Lipinski definition) is 0. The van der Waals surface area contributed by atoms with Gasteiger partial charge >= 0.3 is 0 Å². The lowest BCUT2D eigenvalue weighted by Crippen LogP contribution is -1.92. The largest absolute Gasteiger partial charge is 0.228 e. The second kappa shape index (κ2) is 3.89. The van der Waals surface area contributed by atoms with Gasteiger partial charge in [-0.25, -0.2) is 14.5 Å². The van der Waals surface area contributed by atoms with Crippen molar-refractivity contribution >= 4 is 21.6 Å². The van der Waals surface area contributed by atoms with Crippen LogP contribution in [0.2, 0.25) is 0 Å². The van der Waals surface area contributed by atoms with Gasteiger partial charge in [0.25, 0.3) is 0 Å². The highest BCUT2D eigenvalue weighted by molar-refractivity contribution is 9.10. The fourth-order valence-electron chi connectivity index (χ4n) is 1.64. The van der Waals surface area contributed by atoms with Crippen LogP contribution in [0.4, 0.5) is 4.39 Å². The van der Waals surface area contributed by atoms with E-state index in [1.54, 1.807) is 10.6 Å². The van der Waals surface area contributed by atoms with Crippen LogP contribution in [-0.4, -0.2) is 19.6 Å². The Morgan fingerprint density at radius 2 is 2.12 bits per heavy atom. The molecule has 6 heteroatoms. The first-order valence-corrected chi connectivity index (χ1v) is 5.64. The number of fused-ring (bicyclic) bond motifs is 1. The SMILES string of the molecule is Fc1ccc(-c2cc(Br)cn3ncnc23)cn1. The monoisotopic (exact) mass is 292 g/mol. The Bertz CT molecular complexity index is 678. The first kappa shape index (κ1) is 10.3. The van der Waals surface area contributed by atoms with E-state index in [1.807, 2.05) is 12.3 Å². The molecule has 17 heavy (non-hydrogen) atoms. The average molecular weight is 293 g/mol. The van der Waals surface area contributed by atoms with E-state index in [4.69, 9.17) is 0 Å². The zero-order valence-electron chi connectivity index (χ0n) is 8.51. The molecule has 0 spiro atoms. The van der Waals surface area contributed by atoms with Crippen LogP contribution in [0.1, 0.15) is 0 Å². The van der Waals surface area contributed by atoms with Crippen LogP contribution in [-0.2, 0) is 0 Å². The number of rotatable bonds is 1. The first-order valence-electron chi connectivity index (χ1n) is 4.85. The molecule has 0 aliphatic carbocycles. The smallest absolute Gasteiger partial charge is 0.212 e. The molecule has 0 aliphatic rings. The van der Waals surface area contributed by atoms with E-state index in [0.29, 0.717) is 5.65 Å². The molecule has 0 N–H and O–H groups in total. The van der Waals surface area contributed by atoms with E-state index in [9.17, 15) is 4.39 Å². The Hall–Kier alpha value is -1.82. The molecule has 0 radical (unpaired) electrons. The maximum absolute atomic E-state index is 12.8. The van der Waals surface area contributed by atoms with E-state index in [-0.39, 0.29) is 0 Å². The lowest BCUT2D eigenvalue weighted by molar-refractivity contribution is 0.584. The van der Waals surface area contributed by atoms with Gasteiger partial charge in [-0.05, 0) is 34.1 Å². The van der Waals surface area contributed by atoms with Crippen molar-refractivity contribution in [2.75, 3.05) is 0 Å². The summed E-state index contributed by atoms with van der Waals surface area (Å²) in [6.45, 7) is 0. The summed E-state index contributed by atoms with van der Waals surface area (Å²) >= 11 is 3.40. The van der Waals surface area contributed by atoms with Crippen molar-refractivity contribution in [2.24, 2.45) is 0 Å². The average Bonchev–Trinajstić information content (AvgIpc) is 2.77. The standard InChI is InChI=1S/C11H6BrFN4/c12-8-3-9(7-1-2-10(13)14-4-7)11-15-6-16-17(11)5-8/h1-6H. The molecule has 0 aromatic carbocycles. The van der Waals surface area contributed by atoms with E-state index < -0.39 is 5.95 Å². The fourth-order valence-corrected chi connectivity index (χ4v) is 2.06. The van der Waals surface area contributed by atoms with Gasteiger partial charge in [0.15, 0.2) is 5.65 Å². The van der Waals surface area contributed by atoms with E-state index in [0.717, 1.165) is 15.6 Å². The predicted octanol–water partition coefficient (Wildman–Crippen LogP) is 2.69. The molecule has 0 fully saturated rings. The summed E-state index contributed by atoms with van der Waals surface area (Å²) in [5, 5.41) is 4.06. The van der Waals surface area contributed by atoms with Crippen molar-refractivity contribution in [2.45, 2.75) is 0 Å². The molecule has 4 nitrogen and oxygen atoms in total. The Labute approximate surface area is 104 Å². The third kappa shape index (κ3) is 1.80. The Morgan fingerprint density at radius 3 is 2.88 bits per heavy atom. The van der Waals surface area contributed by atoms with Gasteiger partial charge in [-0.1, -0.05) is 0 Å². The normalized spacial score (nSPS) is 10.9. The summed E-state index contributed by atoms with van der Waals surface area (Å²) in [5.74, 6) is -0.499. The Morgan fingerprint density at radius 1 is 1.24 bits per heavy atom. The van der Waals surface area contributed by atoms with Crippen LogP contribution in [0.3, 0.4) is 0 Å². The van der Waals surface area contributed by atoms with Crippen molar-refractivity contribution in [3.8, 4) is 11.1 Å². The second-order valence-electron chi connectivity index (χ2n) is 3.47. The number of pyridine rings is 2. The minimum Gasteiger partial charge on any atom is -0.228 e. The number of halogens is 2. The molecular weight excluding hydrogens is 287 g/mol. The minimum atomic E-state index is -0.499. The molecule has 84 valence electrons. The van der Waals surface area contributed by atoms with E-state index in [1.165, 1.54) is 18.6 Å². The van der Waals surface area contributed by atoms with E-state index >= 15 is 0 Å². The Kier molecular flexibility index (Phi) is 2.36. The summed E-state index contributed by atoms with van der Waals surface area (Å²) in [7, 11) is 0. The third-order valence-electron chi connectivity index (χ3n) is 2.38. The van der Waals surface area contributed by atoms with Crippen molar-refractivity contribution in [3.05, 3.63) is 47.3 Å². The van der Waals surface area contributed by atoms with Gasteiger partial charge in [-0.15, -0.1) is 0 Å². The van der Waals surface area contributed by atoms with Crippen LogP contribution in [0.5, 0.6) is 0 Å². The number of hydrogen-bond acceptors (Lipinski definition) is 3. The number of aromatic nitrogens is 4. The molecule has 0 aliphatic heterocycles. The summed E-state index contributed by atoms with van der Waals surface area (Å²) in [6, 6.07) is 4.89. The van der Waals surface area contributed by atoms with E-state index in [2.05, 4.69) is 31.0 Å². The third-order valence-corrected chi connectivity index (χ3v) is 2.81. The highest BCUT2D eigenvalue weighted by Gasteiger charge is 2.08. The maximum atomic E-state index is 12.8. The van der Waals surface area contributed by atoms with Gasteiger partial charge in [0.05, 0.1) is 0 Å². The van der Waals surface area contributed by atoms with Gasteiger partial charge in [0.1, 0.15) is 6.33 Å². The van der Waals surface area contributed by atoms with Crippen LogP contribution >= 0.6 is 15.9 Å². The molecule has 3 aromatic heterocycles. The van der Waals surface area contributed by atoms with Gasteiger partial charge in [-0.2, -0.15) is 9.49 Å². The molecule has 3 heterocycles. The van der Waals surface area contributed by atoms with Gasteiger partial charge in [-0.3, -0.25) is 0 Å². The van der Waals surface area contributed by atoms with Crippen LogP contribution in [0.25, 0.3) is 16.8 Å². The van der Waals surface area contributed by atoms with Gasteiger partial charge < -0.3 is 0 Å². The zero-order chi connectivity index (χ0) is 11.8. The molecule has 0 atom stereocenters. The van der Waals surface area contributed by atoms with Crippen molar-refractivity contribution < 1.29 is 4.39 Å². The highest BCUT2D eigenvalue weighted by Crippen LogP contribution is 2.25. The van der Waals surface area contributed by atoms with Crippen LogP contribution < -0.4 is 0 Å². The molecular formula is C11H6BrFN4. The first-order chi connectivity index (χ1) is 8.24. The van der Waals surface area contributed by atoms with Crippen molar-refractivity contribution in [3.63, 3.8) is 0 Å². The quantitative estimate of drug-likeness (QED) is 0.648. The number of nitrogens with zero attached hydrogens (tertiary/aromatic N) is 4. The molecule has 0 saturated carbocycles. The predicted molar refractivity (Wildman–Crippen MR) is 63.9 cm³/mol. The van der Waals surface area contributed by atoms with Crippen molar-refractivity contribution in [1.29, 1.82) is 0 Å². The lowest BCUT2D eigenvalue weighted by atomic mass is 10.1. The van der Waals surface area contributed by atoms with Crippen LogP contribution in [0.15, 0.2) is 41.4 Å². The molecule has 0 unspecified atom stereocenters. The lowest BCUT2D eigenvalue weighted by Gasteiger charge is -2.03. The van der Waals surface area contributed by atoms with Crippen LogP contribution in [0, 0.1) is 5.95 Å². The Balaban J connectivity index is 2.28. The highest BCUT2D eigenvalue weighted by atomic mass is 79.9. The molecule has 0 saturated heterocycles. The summed E-state index contributed by atoms with van der Waals surface area (Å²) < 4.78 is 15.3. The topological polar surface area (TPSA) is 43.1 Å². The van der Waals surface area contributed by atoms with Gasteiger partial charge in [0, 0.05) is 28.0 Å². The summed E-state index contributed by atoms with van der Waals surface area (Å²) in [5.41, 5.74) is 2.36. The fraction of sp³-hybridized carbons (Fsp3) is 0.